The molecule has 0 aromatic carbocycles. The number of hydrogen-bond donors (Lipinski definition) is 0. The van der Waals surface area contributed by atoms with Gasteiger partial charge in [-0.25, -0.2) is 0 Å². The molecule has 0 amide bonds. The number of methoxy groups -OCH3 is 1. The van der Waals surface area contributed by atoms with E-state index in [9.17, 15) is 0 Å². The van der Waals surface area contributed by atoms with Gasteiger partial charge in [0.05, 0.1) is 13.4 Å². The highest BCUT2D eigenvalue weighted by Crippen LogP contribution is 1.94. The van der Waals surface area contributed by atoms with Crippen LogP contribution in [-0.4, -0.2) is 7.11 Å². The Bertz CT molecular complexity index is 103. The molecule has 1 nitrogen and oxygen atoms in total. The summed E-state index contributed by atoms with van der Waals surface area (Å²) >= 11 is 0. The average molecular weight is 140 g/mol. The van der Waals surface area contributed by atoms with Crippen molar-refractivity contribution >= 4 is 0 Å². The maximum Gasteiger partial charge on any atom is 0.0824 e. The van der Waals surface area contributed by atoms with Crippen molar-refractivity contribution in [2.24, 2.45) is 0 Å². The predicted octanol–water partition coefficient (Wildman–Crippen LogP) is 2.89. The third-order valence-corrected chi connectivity index (χ3v) is 1.19. The van der Waals surface area contributed by atoms with Crippen LogP contribution < -0.4 is 0 Å². The Balaban J connectivity index is 3.11. The highest BCUT2D eigenvalue weighted by Gasteiger charge is 1.74. The van der Waals surface area contributed by atoms with Crippen molar-refractivity contribution in [3.8, 4) is 0 Å². The maximum atomic E-state index is 4.72. The minimum Gasteiger partial charge on any atom is -0.504 e. The summed E-state index contributed by atoms with van der Waals surface area (Å²) in [7, 11) is 1.65. The summed E-state index contributed by atoms with van der Waals surface area (Å²) in [5.74, 6) is 0. The summed E-state index contributed by atoms with van der Waals surface area (Å²) in [6.07, 6.45) is 11.4. The second-order valence-corrected chi connectivity index (χ2v) is 2.13. The van der Waals surface area contributed by atoms with Gasteiger partial charge in [0.1, 0.15) is 0 Å². The van der Waals surface area contributed by atoms with Gasteiger partial charge in [-0.1, -0.05) is 31.9 Å². The van der Waals surface area contributed by atoms with Gasteiger partial charge < -0.3 is 4.74 Å². The second kappa shape index (κ2) is 8.28. The number of hydrogen-bond acceptors (Lipinski definition) is 1. The highest BCUT2D eigenvalue weighted by atomic mass is 16.5. The first-order chi connectivity index (χ1) is 4.91. The topological polar surface area (TPSA) is 9.23 Å². The Morgan fingerprint density at radius 2 is 2.10 bits per heavy atom. The Morgan fingerprint density at radius 1 is 1.30 bits per heavy atom. The van der Waals surface area contributed by atoms with E-state index >= 15 is 0 Å². The molecular weight excluding hydrogens is 124 g/mol. The van der Waals surface area contributed by atoms with Crippen LogP contribution in [-0.2, 0) is 4.74 Å². The lowest BCUT2D eigenvalue weighted by atomic mass is 10.2. The van der Waals surface area contributed by atoms with E-state index in [2.05, 4.69) is 13.0 Å². The van der Waals surface area contributed by atoms with Gasteiger partial charge in [0.2, 0.25) is 0 Å². The molecule has 0 heterocycles. The first-order valence-electron chi connectivity index (χ1n) is 3.76. The molecule has 0 aliphatic rings. The zero-order valence-corrected chi connectivity index (χ0v) is 6.84. The molecule has 0 aromatic rings. The molecule has 0 atom stereocenters. The van der Waals surface area contributed by atoms with Gasteiger partial charge in [-0.05, 0) is 12.5 Å². The molecule has 0 saturated heterocycles. The Morgan fingerprint density at radius 3 is 2.70 bits per heavy atom. The molecule has 10 heavy (non-hydrogen) atoms. The molecule has 0 saturated carbocycles. The normalized spacial score (nSPS) is 11.4. The average Bonchev–Trinajstić information content (AvgIpc) is 1.97. The van der Waals surface area contributed by atoms with Crippen LogP contribution in [0.2, 0.25) is 0 Å². The summed E-state index contributed by atoms with van der Waals surface area (Å²) in [5.41, 5.74) is 0. The third-order valence-electron chi connectivity index (χ3n) is 1.19. The minimum absolute atomic E-state index is 1.17. The van der Waals surface area contributed by atoms with E-state index in [0.29, 0.717) is 0 Å². The van der Waals surface area contributed by atoms with Crippen LogP contribution in [0.3, 0.4) is 0 Å². The van der Waals surface area contributed by atoms with Crippen LogP contribution in [0.15, 0.2) is 24.5 Å². The summed E-state index contributed by atoms with van der Waals surface area (Å²) in [5, 5.41) is 0. The zero-order chi connectivity index (χ0) is 7.66. The molecule has 0 fully saturated rings. The van der Waals surface area contributed by atoms with Gasteiger partial charge in [-0.2, -0.15) is 0 Å². The Labute approximate surface area is 63.4 Å². The van der Waals surface area contributed by atoms with Crippen LogP contribution in [0.25, 0.3) is 0 Å². The Hall–Kier alpha value is -0.720. The van der Waals surface area contributed by atoms with Gasteiger partial charge >= 0.3 is 0 Å². The van der Waals surface area contributed by atoms with Gasteiger partial charge in [0.15, 0.2) is 0 Å². The Kier molecular flexibility index (Phi) is 7.68. The van der Waals surface area contributed by atoms with Crippen molar-refractivity contribution in [2.45, 2.75) is 26.2 Å². The molecular formula is C9H16O. The molecule has 0 unspecified atom stereocenters. The lowest BCUT2D eigenvalue weighted by molar-refractivity contribution is 0.338. The van der Waals surface area contributed by atoms with Gasteiger partial charge in [0.25, 0.3) is 0 Å². The quantitative estimate of drug-likeness (QED) is 0.324. The van der Waals surface area contributed by atoms with Crippen molar-refractivity contribution in [1.29, 1.82) is 0 Å². The predicted molar refractivity (Wildman–Crippen MR) is 44.8 cm³/mol. The smallest absolute Gasteiger partial charge is 0.0824 e. The fraction of sp³-hybridized carbons (Fsp3) is 0.556. The van der Waals surface area contributed by atoms with Crippen molar-refractivity contribution in [3.63, 3.8) is 0 Å². The fourth-order valence-corrected chi connectivity index (χ4v) is 0.621. The fourth-order valence-electron chi connectivity index (χ4n) is 0.621. The lowest BCUT2D eigenvalue weighted by Gasteiger charge is -1.85. The minimum atomic E-state index is 1.17. The molecule has 0 N–H and O–H groups in total. The van der Waals surface area contributed by atoms with E-state index in [1.807, 2.05) is 12.2 Å². The maximum absolute atomic E-state index is 4.72. The standard InChI is InChI=1S/C9H16O/c1-3-4-5-6-7-8-9-10-2/h6-9H,3-5H2,1-2H3/b7-6+,9-8+. The van der Waals surface area contributed by atoms with E-state index in [0.717, 1.165) is 0 Å². The largest absolute Gasteiger partial charge is 0.504 e. The van der Waals surface area contributed by atoms with E-state index in [1.54, 1.807) is 13.4 Å². The van der Waals surface area contributed by atoms with E-state index in [-0.39, 0.29) is 0 Å². The molecule has 0 aromatic heterocycles. The summed E-state index contributed by atoms with van der Waals surface area (Å²) < 4.78 is 4.72. The number of unbranched alkanes of at least 4 members (excludes halogenated alkanes) is 2. The van der Waals surface area contributed by atoms with Crippen LogP contribution in [0, 0.1) is 0 Å². The molecule has 58 valence electrons. The first-order valence-corrected chi connectivity index (χ1v) is 3.76. The lowest BCUT2D eigenvalue weighted by Crippen LogP contribution is -1.66. The van der Waals surface area contributed by atoms with Crippen molar-refractivity contribution < 1.29 is 4.74 Å². The third kappa shape index (κ3) is 7.28. The van der Waals surface area contributed by atoms with Crippen LogP contribution in [0.1, 0.15) is 26.2 Å². The number of allylic oxidation sites excluding steroid dienone is 3. The molecule has 0 aliphatic carbocycles. The molecule has 0 rings (SSSR count). The first kappa shape index (κ1) is 9.28. The van der Waals surface area contributed by atoms with Crippen molar-refractivity contribution in [2.75, 3.05) is 7.11 Å². The van der Waals surface area contributed by atoms with Crippen LogP contribution >= 0.6 is 0 Å². The van der Waals surface area contributed by atoms with Crippen molar-refractivity contribution in [1.82, 2.24) is 0 Å². The second-order valence-electron chi connectivity index (χ2n) is 2.13. The summed E-state index contributed by atoms with van der Waals surface area (Å²) in [4.78, 5) is 0. The summed E-state index contributed by atoms with van der Waals surface area (Å²) in [6, 6.07) is 0. The van der Waals surface area contributed by atoms with E-state index in [4.69, 9.17) is 4.74 Å². The molecule has 0 bridgehead atoms. The SMILES string of the molecule is CCCC/C=C/C=C/OC. The summed E-state index contributed by atoms with van der Waals surface area (Å²) in [6.45, 7) is 2.19. The molecule has 0 spiro atoms. The molecule has 0 aliphatic heterocycles. The molecule has 0 radical (unpaired) electrons. The van der Waals surface area contributed by atoms with Gasteiger partial charge in [0, 0.05) is 0 Å². The van der Waals surface area contributed by atoms with Crippen molar-refractivity contribution in [3.05, 3.63) is 24.5 Å². The van der Waals surface area contributed by atoms with Crippen LogP contribution in [0.4, 0.5) is 0 Å². The van der Waals surface area contributed by atoms with Gasteiger partial charge in [-0.15, -0.1) is 0 Å². The highest BCUT2D eigenvalue weighted by molar-refractivity contribution is 4.99. The van der Waals surface area contributed by atoms with E-state index < -0.39 is 0 Å². The zero-order valence-electron chi connectivity index (χ0n) is 6.84. The molecule has 1 heteroatoms. The number of ether oxygens (including phenoxy) is 1. The monoisotopic (exact) mass is 140 g/mol. The van der Waals surface area contributed by atoms with Gasteiger partial charge in [-0.3, -0.25) is 0 Å². The number of rotatable bonds is 5. The van der Waals surface area contributed by atoms with E-state index in [1.165, 1.54) is 19.3 Å². The van der Waals surface area contributed by atoms with Crippen LogP contribution in [0.5, 0.6) is 0 Å².